The lowest BCUT2D eigenvalue weighted by Crippen LogP contribution is -2.14. The van der Waals surface area contributed by atoms with Crippen molar-refractivity contribution in [2.24, 2.45) is 0 Å². The molecule has 0 bridgehead atoms. The number of methoxy groups -OCH3 is 1. The van der Waals surface area contributed by atoms with Crippen LogP contribution in [0.5, 0.6) is 0 Å². The van der Waals surface area contributed by atoms with Crippen molar-refractivity contribution in [2.45, 2.75) is 25.7 Å². The van der Waals surface area contributed by atoms with Crippen LogP contribution in [-0.2, 0) is 17.6 Å². The van der Waals surface area contributed by atoms with Crippen LogP contribution in [0.2, 0.25) is 0 Å². The van der Waals surface area contributed by atoms with Crippen molar-refractivity contribution in [3.05, 3.63) is 52.1 Å². The molecule has 1 aromatic carbocycles. The number of anilines is 1. The third-order valence-corrected chi connectivity index (χ3v) is 5.64. The van der Waals surface area contributed by atoms with E-state index in [4.69, 9.17) is 9.15 Å². The van der Waals surface area contributed by atoms with Gasteiger partial charge in [0.15, 0.2) is 5.76 Å². The number of fused-ring (bicyclic) bond motifs is 2. The first-order valence-electron chi connectivity index (χ1n) is 8.20. The van der Waals surface area contributed by atoms with E-state index in [-0.39, 0.29) is 11.7 Å². The van der Waals surface area contributed by atoms with Crippen molar-refractivity contribution in [1.29, 1.82) is 0 Å². The number of thiophene rings is 1. The molecule has 0 spiro atoms. The number of amides is 1. The van der Waals surface area contributed by atoms with E-state index in [9.17, 15) is 9.59 Å². The van der Waals surface area contributed by atoms with Gasteiger partial charge in [-0.25, -0.2) is 4.79 Å². The predicted molar refractivity (Wildman–Crippen MR) is 96.5 cm³/mol. The van der Waals surface area contributed by atoms with Crippen molar-refractivity contribution in [1.82, 2.24) is 0 Å². The average Bonchev–Trinajstić information content (AvgIpc) is 3.22. The molecule has 3 aromatic rings. The SMILES string of the molecule is COC(=O)c1c(NC(=O)c2cc3ccccc3o2)sc2c1CCCC2. The highest BCUT2D eigenvalue weighted by Crippen LogP contribution is 2.38. The number of benzene rings is 1. The molecule has 5 nitrogen and oxygen atoms in total. The Labute approximate surface area is 148 Å². The first-order valence-corrected chi connectivity index (χ1v) is 9.02. The first-order chi connectivity index (χ1) is 12.2. The number of furan rings is 1. The van der Waals surface area contributed by atoms with Gasteiger partial charge in [0.05, 0.1) is 12.7 Å². The summed E-state index contributed by atoms with van der Waals surface area (Å²) in [6.07, 6.45) is 3.93. The van der Waals surface area contributed by atoms with Crippen LogP contribution < -0.4 is 5.32 Å². The number of nitrogens with one attached hydrogen (secondary N) is 1. The quantitative estimate of drug-likeness (QED) is 0.707. The van der Waals surface area contributed by atoms with Crippen LogP contribution in [0.3, 0.4) is 0 Å². The molecule has 0 atom stereocenters. The highest BCUT2D eigenvalue weighted by Gasteiger charge is 2.27. The summed E-state index contributed by atoms with van der Waals surface area (Å²) in [5.41, 5.74) is 2.17. The molecule has 0 aliphatic heterocycles. The third-order valence-electron chi connectivity index (χ3n) is 4.44. The lowest BCUT2D eigenvalue weighted by molar-refractivity contribution is 0.0601. The fourth-order valence-electron chi connectivity index (χ4n) is 3.23. The number of hydrogen-bond acceptors (Lipinski definition) is 5. The van der Waals surface area contributed by atoms with E-state index >= 15 is 0 Å². The zero-order valence-corrected chi connectivity index (χ0v) is 14.6. The molecule has 0 saturated carbocycles. The fourth-order valence-corrected chi connectivity index (χ4v) is 4.50. The van der Waals surface area contributed by atoms with Crippen LogP contribution in [0.15, 0.2) is 34.7 Å². The van der Waals surface area contributed by atoms with Gasteiger partial charge in [0.2, 0.25) is 0 Å². The summed E-state index contributed by atoms with van der Waals surface area (Å²) in [6.45, 7) is 0. The van der Waals surface area contributed by atoms with Gasteiger partial charge in [0, 0.05) is 10.3 Å². The number of esters is 1. The molecule has 0 saturated heterocycles. The van der Waals surface area contributed by atoms with E-state index in [1.807, 2.05) is 24.3 Å². The zero-order valence-electron chi connectivity index (χ0n) is 13.8. The van der Waals surface area contributed by atoms with Gasteiger partial charge in [-0.2, -0.15) is 0 Å². The third kappa shape index (κ3) is 2.82. The van der Waals surface area contributed by atoms with Gasteiger partial charge in [-0.15, -0.1) is 11.3 Å². The maximum Gasteiger partial charge on any atom is 0.341 e. The number of carbonyl (C=O) groups excluding carboxylic acids is 2. The van der Waals surface area contributed by atoms with Crippen LogP contribution in [0.4, 0.5) is 5.00 Å². The summed E-state index contributed by atoms with van der Waals surface area (Å²) in [5, 5.41) is 4.26. The Morgan fingerprint density at radius 1 is 1.20 bits per heavy atom. The van der Waals surface area contributed by atoms with Crippen LogP contribution in [0.25, 0.3) is 11.0 Å². The minimum atomic E-state index is -0.403. The van der Waals surface area contributed by atoms with Gasteiger partial charge in [-0.3, -0.25) is 4.79 Å². The van der Waals surface area contributed by atoms with Gasteiger partial charge < -0.3 is 14.5 Å². The lowest BCUT2D eigenvalue weighted by atomic mass is 9.95. The molecule has 2 aromatic heterocycles. The van der Waals surface area contributed by atoms with E-state index in [0.717, 1.165) is 41.5 Å². The molecule has 1 N–H and O–H groups in total. The molecule has 1 amide bonds. The Hall–Kier alpha value is -2.60. The van der Waals surface area contributed by atoms with Crippen LogP contribution in [0, 0.1) is 0 Å². The van der Waals surface area contributed by atoms with Crippen LogP contribution >= 0.6 is 11.3 Å². The maximum atomic E-state index is 12.6. The van der Waals surface area contributed by atoms with Gasteiger partial charge in [-0.05, 0) is 43.4 Å². The second-order valence-corrected chi connectivity index (χ2v) is 7.11. The van der Waals surface area contributed by atoms with E-state index < -0.39 is 5.97 Å². The Morgan fingerprint density at radius 2 is 2.00 bits per heavy atom. The van der Waals surface area contributed by atoms with Gasteiger partial charge in [0.1, 0.15) is 10.6 Å². The number of rotatable bonds is 3. The van der Waals surface area contributed by atoms with Crippen molar-refractivity contribution in [3.63, 3.8) is 0 Å². The second kappa shape index (κ2) is 6.37. The van der Waals surface area contributed by atoms with Gasteiger partial charge in [-0.1, -0.05) is 18.2 Å². The molecule has 6 heteroatoms. The molecule has 0 radical (unpaired) electrons. The van der Waals surface area contributed by atoms with E-state index in [2.05, 4.69) is 5.32 Å². The van der Waals surface area contributed by atoms with Crippen molar-refractivity contribution in [3.8, 4) is 0 Å². The van der Waals surface area contributed by atoms with Crippen LogP contribution in [-0.4, -0.2) is 19.0 Å². The highest BCUT2D eigenvalue weighted by molar-refractivity contribution is 7.17. The summed E-state index contributed by atoms with van der Waals surface area (Å²) in [4.78, 5) is 26.0. The molecule has 0 fully saturated rings. The number of hydrogen-bond donors (Lipinski definition) is 1. The highest BCUT2D eigenvalue weighted by atomic mass is 32.1. The summed E-state index contributed by atoms with van der Waals surface area (Å²) < 4.78 is 10.5. The van der Waals surface area contributed by atoms with E-state index in [0.29, 0.717) is 16.1 Å². The Kier molecular flexibility index (Phi) is 4.05. The number of para-hydroxylation sites is 1. The number of carbonyl (C=O) groups is 2. The summed E-state index contributed by atoms with van der Waals surface area (Å²) >= 11 is 1.46. The van der Waals surface area contributed by atoms with Crippen molar-refractivity contribution in [2.75, 3.05) is 12.4 Å². The first kappa shape index (κ1) is 15.9. The lowest BCUT2D eigenvalue weighted by Gasteiger charge is -2.11. The average molecular weight is 355 g/mol. The monoisotopic (exact) mass is 355 g/mol. The number of aryl methyl sites for hydroxylation is 1. The summed E-state index contributed by atoms with van der Waals surface area (Å²) in [6, 6.07) is 9.16. The minimum absolute atomic E-state index is 0.225. The minimum Gasteiger partial charge on any atom is -0.465 e. The smallest absolute Gasteiger partial charge is 0.341 e. The molecule has 25 heavy (non-hydrogen) atoms. The Balaban J connectivity index is 1.68. The normalized spacial score (nSPS) is 13.5. The molecular formula is C19H17NO4S. The number of ether oxygens (including phenoxy) is 1. The second-order valence-electron chi connectivity index (χ2n) is 6.01. The maximum absolute atomic E-state index is 12.6. The molecule has 128 valence electrons. The Morgan fingerprint density at radius 3 is 2.80 bits per heavy atom. The topological polar surface area (TPSA) is 68.5 Å². The van der Waals surface area contributed by atoms with Crippen molar-refractivity contribution >= 4 is 39.2 Å². The Bertz CT molecular complexity index is 936. The summed E-state index contributed by atoms with van der Waals surface area (Å²) in [7, 11) is 1.36. The molecule has 4 rings (SSSR count). The van der Waals surface area contributed by atoms with E-state index in [1.165, 1.54) is 18.4 Å². The van der Waals surface area contributed by atoms with E-state index in [1.54, 1.807) is 6.07 Å². The molecule has 1 aliphatic rings. The zero-order chi connectivity index (χ0) is 17.4. The molecule has 1 aliphatic carbocycles. The molecule has 0 unspecified atom stereocenters. The van der Waals surface area contributed by atoms with Gasteiger partial charge in [0.25, 0.3) is 5.91 Å². The summed E-state index contributed by atoms with van der Waals surface area (Å²) in [5.74, 6) is -0.539. The van der Waals surface area contributed by atoms with Crippen molar-refractivity contribution < 1.29 is 18.7 Å². The molecule has 2 heterocycles. The fraction of sp³-hybridized carbons (Fsp3) is 0.263. The largest absolute Gasteiger partial charge is 0.465 e. The van der Waals surface area contributed by atoms with Gasteiger partial charge >= 0.3 is 5.97 Å². The molecular weight excluding hydrogens is 338 g/mol. The predicted octanol–water partition coefficient (Wildman–Crippen LogP) is 4.41. The standard InChI is InChI=1S/C19H17NO4S/c1-23-19(22)16-12-7-3-5-9-15(12)25-18(16)20-17(21)14-10-11-6-2-4-8-13(11)24-14/h2,4,6,8,10H,3,5,7,9H2,1H3,(H,20,21). The van der Waals surface area contributed by atoms with Crippen LogP contribution in [0.1, 0.15) is 44.2 Å².